The third kappa shape index (κ3) is 3.48. The van der Waals surface area contributed by atoms with E-state index < -0.39 is 13.4 Å². The maximum absolute atomic E-state index is 13.8. The zero-order chi connectivity index (χ0) is 18.0. The van der Waals surface area contributed by atoms with Crippen molar-refractivity contribution in [2.75, 3.05) is 13.2 Å². The number of hydrogen-bond acceptors (Lipinski definition) is 4. The molecule has 132 valence electrons. The molecular weight excluding hydrogens is 366 g/mol. The maximum Gasteiger partial charge on any atom is 0.380 e. The Morgan fingerprint density at radius 2 is 1.76 bits per heavy atom. The Labute approximate surface area is 149 Å². The molecule has 0 radical (unpaired) electrons. The fourth-order valence-electron chi connectivity index (χ4n) is 2.57. The molecule has 1 aromatic heterocycles. The molecule has 0 bridgehead atoms. The number of hydrogen-bond donors (Lipinski definition) is 0. The average molecular weight is 383 g/mol. The summed E-state index contributed by atoms with van der Waals surface area (Å²) in [6.07, 6.45) is 0. The predicted octanol–water partition coefficient (Wildman–Crippen LogP) is 4.71. The van der Waals surface area contributed by atoms with Crippen LogP contribution in [-0.4, -0.2) is 23.0 Å². The van der Waals surface area contributed by atoms with E-state index in [-0.39, 0.29) is 18.6 Å². The highest BCUT2D eigenvalue weighted by Gasteiger charge is 2.34. The van der Waals surface area contributed by atoms with E-state index in [0.29, 0.717) is 21.6 Å². The van der Waals surface area contributed by atoms with Crippen LogP contribution in [0.15, 0.2) is 42.5 Å². The molecule has 0 aliphatic rings. The van der Waals surface area contributed by atoms with Gasteiger partial charge < -0.3 is 9.05 Å². The highest BCUT2D eigenvalue weighted by molar-refractivity contribution is 7.62. The van der Waals surface area contributed by atoms with E-state index in [0.717, 1.165) is 0 Å². The summed E-state index contributed by atoms with van der Waals surface area (Å²) >= 11 is 5.94. The van der Waals surface area contributed by atoms with Crippen molar-refractivity contribution >= 4 is 35.5 Å². The largest absolute Gasteiger partial charge is 0.380 e. The van der Waals surface area contributed by atoms with Crippen LogP contribution in [0.25, 0.3) is 16.6 Å². The van der Waals surface area contributed by atoms with Crippen LogP contribution in [-0.2, 0) is 13.6 Å². The number of aromatic nitrogens is 2. The molecule has 0 N–H and O–H groups in total. The van der Waals surface area contributed by atoms with Crippen molar-refractivity contribution < 1.29 is 18.0 Å². The van der Waals surface area contributed by atoms with Gasteiger partial charge in [0.1, 0.15) is 5.82 Å². The van der Waals surface area contributed by atoms with Gasteiger partial charge >= 0.3 is 7.60 Å². The molecule has 8 heteroatoms. The summed E-state index contributed by atoms with van der Waals surface area (Å²) in [5.41, 5.74) is 1.31. The summed E-state index contributed by atoms with van der Waals surface area (Å²) < 4.78 is 39.6. The number of rotatable bonds is 6. The molecule has 25 heavy (non-hydrogen) atoms. The highest BCUT2D eigenvalue weighted by atomic mass is 35.5. The fraction of sp³-hybridized carbons (Fsp3) is 0.235. The molecule has 0 atom stereocenters. The van der Waals surface area contributed by atoms with Crippen LogP contribution in [0, 0.1) is 5.82 Å². The molecule has 0 amide bonds. The van der Waals surface area contributed by atoms with Crippen LogP contribution in [0.3, 0.4) is 0 Å². The van der Waals surface area contributed by atoms with Crippen LogP contribution in [0.1, 0.15) is 13.8 Å². The zero-order valence-electron chi connectivity index (χ0n) is 13.8. The van der Waals surface area contributed by atoms with Gasteiger partial charge in [0.15, 0.2) is 5.44 Å². The second-order valence-electron chi connectivity index (χ2n) is 5.21. The van der Waals surface area contributed by atoms with Crippen molar-refractivity contribution in [3.05, 3.63) is 53.3 Å². The first-order valence-electron chi connectivity index (χ1n) is 7.82. The summed E-state index contributed by atoms with van der Waals surface area (Å²) in [5, 5.41) is 5.41. The molecule has 2 aromatic carbocycles. The Hall–Kier alpha value is -1.72. The minimum atomic E-state index is -3.70. The summed E-state index contributed by atoms with van der Waals surface area (Å²) in [5.74, 6) is -0.455. The number of nitrogens with zero attached hydrogens (tertiary/aromatic N) is 2. The lowest BCUT2D eigenvalue weighted by Crippen LogP contribution is -2.20. The van der Waals surface area contributed by atoms with Gasteiger partial charge in [-0.15, -0.1) is 0 Å². The van der Waals surface area contributed by atoms with Gasteiger partial charge in [-0.25, -0.2) is 9.07 Å². The monoisotopic (exact) mass is 382 g/mol. The Balaban J connectivity index is 2.33. The molecule has 3 aromatic rings. The minimum absolute atomic E-state index is 0.180. The summed E-state index contributed by atoms with van der Waals surface area (Å²) in [7, 11) is -3.70. The third-order valence-corrected chi connectivity index (χ3v) is 5.93. The van der Waals surface area contributed by atoms with Crippen molar-refractivity contribution in [3.63, 3.8) is 0 Å². The van der Waals surface area contributed by atoms with Crippen LogP contribution >= 0.6 is 19.2 Å². The number of halogens is 2. The van der Waals surface area contributed by atoms with Crippen molar-refractivity contribution in [1.29, 1.82) is 0 Å². The fourth-order valence-corrected chi connectivity index (χ4v) is 4.56. The van der Waals surface area contributed by atoms with Gasteiger partial charge in [-0.2, -0.15) is 5.10 Å². The van der Waals surface area contributed by atoms with Crippen molar-refractivity contribution in [1.82, 2.24) is 9.78 Å². The van der Waals surface area contributed by atoms with Gasteiger partial charge in [0, 0.05) is 10.4 Å². The van der Waals surface area contributed by atoms with Crippen molar-refractivity contribution in [2.24, 2.45) is 0 Å². The third-order valence-electron chi connectivity index (χ3n) is 3.54. The van der Waals surface area contributed by atoms with Gasteiger partial charge in [-0.3, -0.25) is 4.57 Å². The lowest BCUT2D eigenvalue weighted by molar-refractivity contribution is 0.229. The normalized spacial score (nSPS) is 12.0. The zero-order valence-corrected chi connectivity index (χ0v) is 15.4. The summed E-state index contributed by atoms with van der Waals surface area (Å²) in [4.78, 5) is 0. The van der Waals surface area contributed by atoms with Gasteiger partial charge in [0.2, 0.25) is 0 Å². The van der Waals surface area contributed by atoms with Crippen LogP contribution < -0.4 is 5.44 Å². The second-order valence-corrected chi connectivity index (χ2v) is 7.58. The first-order chi connectivity index (χ1) is 12.0. The smallest absolute Gasteiger partial charge is 0.304 e. The van der Waals surface area contributed by atoms with Crippen LogP contribution in [0.5, 0.6) is 0 Å². The molecule has 0 unspecified atom stereocenters. The molecule has 1 heterocycles. The minimum Gasteiger partial charge on any atom is -0.304 e. The summed E-state index contributed by atoms with van der Waals surface area (Å²) in [6.45, 7) is 3.80. The number of fused-ring (bicyclic) bond motifs is 1. The Morgan fingerprint density at radius 3 is 2.36 bits per heavy atom. The lowest BCUT2D eigenvalue weighted by atomic mass is 10.2. The van der Waals surface area contributed by atoms with E-state index >= 15 is 0 Å². The quantitative estimate of drug-likeness (QED) is 0.579. The van der Waals surface area contributed by atoms with Gasteiger partial charge in [0.25, 0.3) is 0 Å². The van der Waals surface area contributed by atoms with E-state index in [2.05, 4.69) is 5.10 Å². The molecule has 0 spiro atoms. The van der Waals surface area contributed by atoms with Crippen molar-refractivity contribution in [3.8, 4) is 5.69 Å². The van der Waals surface area contributed by atoms with Crippen LogP contribution in [0.2, 0.25) is 5.02 Å². The van der Waals surface area contributed by atoms with E-state index in [4.69, 9.17) is 20.6 Å². The molecule has 5 nitrogen and oxygen atoms in total. The standard InChI is InChI=1S/C17H17ClFN2O3P/c1-3-23-25(22,24-4-2)17-15-11-13(19)7-10-16(15)20-21(17)14-8-5-12(18)6-9-14/h5-11H,3-4H2,1-2H3. The lowest BCUT2D eigenvalue weighted by Gasteiger charge is -2.18. The van der Waals surface area contributed by atoms with Gasteiger partial charge in [-0.05, 0) is 56.3 Å². The molecule has 3 rings (SSSR count). The molecule has 0 fully saturated rings. The summed E-state index contributed by atoms with van der Waals surface area (Å²) in [6, 6.07) is 11.0. The first kappa shape index (κ1) is 18.1. The molecule has 0 aliphatic carbocycles. The highest BCUT2D eigenvalue weighted by Crippen LogP contribution is 2.49. The molecule has 0 saturated heterocycles. The number of benzene rings is 2. The van der Waals surface area contributed by atoms with E-state index in [9.17, 15) is 8.96 Å². The van der Waals surface area contributed by atoms with E-state index in [1.165, 1.54) is 22.9 Å². The van der Waals surface area contributed by atoms with E-state index in [1.54, 1.807) is 38.1 Å². The Bertz CT molecular complexity index is 933. The second kappa shape index (κ2) is 7.26. The predicted molar refractivity (Wildman–Crippen MR) is 96.5 cm³/mol. The van der Waals surface area contributed by atoms with Crippen molar-refractivity contribution in [2.45, 2.75) is 13.8 Å². The van der Waals surface area contributed by atoms with E-state index in [1.807, 2.05) is 0 Å². The van der Waals surface area contributed by atoms with Gasteiger partial charge in [0.05, 0.1) is 24.4 Å². The Kier molecular flexibility index (Phi) is 5.25. The topological polar surface area (TPSA) is 53.4 Å². The molecule has 0 aliphatic heterocycles. The Morgan fingerprint density at radius 1 is 1.12 bits per heavy atom. The maximum atomic E-state index is 13.8. The van der Waals surface area contributed by atoms with Crippen LogP contribution in [0.4, 0.5) is 4.39 Å². The SMILES string of the molecule is CCOP(=O)(OCC)c1c2cc(F)ccc2nn1-c1ccc(Cl)cc1. The van der Waals surface area contributed by atoms with Gasteiger partial charge in [-0.1, -0.05) is 11.6 Å². The molecule has 0 saturated carbocycles. The molecular formula is C17H17ClFN2O3P. The first-order valence-corrected chi connectivity index (χ1v) is 9.74. The average Bonchev–Trinajstić information content (AvgIpc) is 2.95.